The predicted molar refractivity (Wildman–Crippen MR) is 112 cm³/mol. The van der Waals surface area contributed by atoms with Gasteiger partial charge in [0.2, 0.25) is 5.91 Å². The van der Waals surface area contributed by atoms with Crippen molar-refractivity contribution in [2.24, 2.45) is 0 Å². The summed E-state index contributed by atoms with van der Waals surface area (Å²) >= 11 is 6.17. The zero-order valence-corrected chi connectivity index (χ0v) is 16.0. The number of aryl methyl sites for hydroxylation is 1. The Morgan fingerprint density at radius 2 is 1.85 bits per heavy atom. The molecule has 1 aliphatic rings. The highest BCUT2D eigenvalue weighted by Gasteiger charge is 2.19. The summed E-state index contributed by atoms with van der Waals surface area (Å²) in [5.41, 5.74) is 6.97. The van der Waals surface area contributed by atoms with Crippen LogP contribution < -0.4 is 4.90 Å². The Bertz CT molecular complexity index is 1070. The summed E-state index contributed by atoms with van der Waals surface area (Å²) in [7, 11) is 0. The molecule has 3 aromatic rings. The molecule has 0 radical (unpaired) electrons. The van der Waals surface area contributed by atoms with Crippen LogP contribution in [0.15, 0.2) is 54.6 Å². The quantitative estimate of drug-likeness (QED) is 0.543. The highest BCUT2D eigenvalue weighted by atomic mass is 35.5. The zero-order chi connectivity index (χ0) is 19.0. The molecule has 0 unspecified atom stereocenters. The maximum atomic E-state index is 12.3. The fourth-order valence-electron chi connectivity index (χ4n) is 3.38. The molecule has 1 aliphatic heterocycles. The minimum Gasteiger partial charge on any atom is -0.308 e. The Morgan fingerprint density at radius 3 is 2.63 bits per heavy atom. The molecule has 0 bridgehead atoms. The van der Waals surface area contributed by atoms with E-state index in [9.17, 15) is 4.79 Å². The van der Waals surface area contributed by atoms with Gasteiger partial charge in [-0.05, 0) is 60.0 Å². The summed E-state index contributed by atoms with van der Waals surface area (Å²) in [5.74, 6) is 0.00394. The molecule has 0 aliphatic carbocycles. The summed E-state index contributed by atoms with van der Waals surface area (Å²) in [6.07, 6.45) is 4.10. The molecule has 0 atom stereocenters. The van der Waals surface area contributed by atoms with Crippen LogP contribution in [0.5, 0.6) is 0 Å². The third-order valence-corrected chi connectivity index (χ3v) is 5.00. The van der Waals surface area contributed by atoms with Crippen molar-refractivity contribution in [3.05, 3.63) is 82.0 Å². The van der Waals surface area contributed by atoms with Gasteiger partial charge in [-0.25, -0.2) is 0 Å². The van der Waals surface area contributed by atoms with Crippen LogP contribution >= 0.6 is 11.6 Å². The first kappa shape index (κ1) is 17.5. The van der Waals surface area contributed by atoms with Crippen LogP contribution in [0.4, 0.5) is 5.69 Å². The SMILES string of the molecule is CC(=O)N1Cc2ccc(-c3cccc(C)n3)cc2/C=C\c2cc(Cl)ccc21. The van der Waals surface area contributed by atoms with Gasteiger partial charge >= 0.3 is 0 Å². The third kappa shape index (κ3) is 3.51. The van der Waals surface area contributed by atoms with E-state index < -0.39 is 0 Å². The van der Waals surface area contributed by atoms with E-state index in [0.29, 0.717) is 11.6 Å². The first-order valence-electron chi connectivity index (χ1n) is 8.84. The maximum Gasteiger partial charge on any atom is 0.224 e. The first-order chi connectivity index (χ1) is 13.0. The maximum absolute atomic E-state index is 12.3. The van der Waals surface area contributed by atoms with E-state index in [1.54, 1.807) is 11.8 Å². The molecular weight excluding hydrogens is 356 g/mol. The third-order valence-electron chi connectivity index (χ3n) is 4.76. The average Bonchev–Trinajstić information content (AvgIpc) is 2.63. The number of hydrogen-bond donors (Lipinski definition) is 0. The van der Waals surface area contributed by atoms with Gasteiger partial charge in [0.05, 0.1) is 17.9 Å². The zero-order valence-electron chi connectivity index (χ0n) is 15.2. The van der Waals surface area contributed by atoms with Crippen molar-refractivity contribution < 1.29 is 4.79 Å². The lowest BCUT2D eigenvalue weighted by atomic mass is 9.97. The van der Waals surface area contributed by atoms with Crippen LogP contribution in [-0.4, -0.2) is 10.9 Å². The number of anilines is 1. The van der Waals surface area contributed by atoms with Gasteiger partial charge in [-0.15, -0.1) is 0 Å². The molecule has 0 saturated heterocycles. The number of fused-ring (bicyclic) bond motifs is 2. The average molecular weight is 375 g/mol. The number of carbonyl (C=O) groups excluding carboxylic acids is 1. The standard InChI is InChI=1S/C23H19ClN2O/c1-15-4-3-5-22(25-15)18-7-9-20-14-26(16(2)27)23-11-10-21(24)13-19(23)8-6-17(20)12-18/h3-13H,14H2,1-2H3/b8-6-. The summed E-state index contributed by atoms with van der Waals surface area (Å²) < 4.78 is 0. The van der Waals surface area contributed by atoms with Gasteiger partial charge < -0.3 is 4.90 Å². The summed E-state index contributed by atoms with van der Waals surface area (Å²) in [5, 5.41) is 0.653. The number of nitrogens with zero attached hydrogens (tertiary/aromatic N) is 2. The van der Waals surface area contributed by atoms with Crippen molar-refractivity contribution in [1.82, 2.24) is 4.98 Å². The Labute approximate surface area is 163 Å². The van der Waals surface area contributed by atoms with E-state index in [1.165, 1.54) is 0 Å². The van der Waals surface area contributed by atoms with E-state index in [1.807, 2.05) is 49.4 Å². The van der Waals surface area contributed by atoms with E-state index in [0.717, 1.165) is 39.3 Å². The predicted octanol–water partition coefficient (Wildman–Crippen LogP) is 5.75. The molecule has 0 saturated carbocycles. The molecule has 3 nitrogen and oxygen atoms in total. The number of benzene rings is 2. The molecule has 2 heterocycles. The van der Waals surface area contributed by atoms with Crippen molar-refractivity contribution in [1.29, 1.82) is 0 Å². The molecule has 0 fully saturated rings. The van der Waals surface area contributed by atoms with Gasteiger partial charge in [0.15, 0.2) is 0 Å². The number of hydrogen-bond acceptors (Lipinski definition) is 2. The minimum atomic E-state index is 0.00394. The summed E-state index contributed by atoms with van der Waals surface area (Å²) in [6.45, 7) is 4.10. The lowest BCUT2D eigenvalue weighted by Gasteiger charge is -2.26. The number of amides is 1. The summed E-state index contributed by atoms with van der Waals surface area (Å²) in [6, 6.07) is 17.9. The van der Waals surface area contributed by atoms with Gasteiger partial charge in [0.25, 0.3) is 0 Å². The summed E-state index contributed by atoms with van der Waals surface area (Å²) in [4.78, 5) is 18.7. The topological polar surface area (TPSA) is 33.2 Å². The number of carbonyl (C=O) groups is 1. The number of pyridine rings is 1. The Balaban J connectivity index is 1.84. The highest BCUT2D eigenvalue weighted by Crippen LogP contribution is 2.32. The van der Waals surface area contributed by atoms with Crippen molar-refractivity contribution in [2.45, 2.75) is 20.4 Å². The van der Waals surface area contributed by atoms with E-state index in [2.05, 4.69) is 29.3 Å². The molecule has 27 heavy (non-hydrogen) atoms. The highest BCUT2D eigenvalue weighted by molar-refractivity contribution is 6.30. The molecule has 4 heteroatoms. The van der Waals surface area contributed by atoms with E-state index in [-0.39, 0.29) is 5.91 Å². The van der Waals surface area contributed by atoms with Crippen molar-refractivity contribution >= 4 is 35.3 Å². The molecule has 1 aromatic heterocycles. The van der Waals surface area contributed by atoms with Crippen molar-refractivity contribution in [3.8, 4) is 11.3 Å². The largest absolute Gasteiger partial charge is 0.308 e. The fourth-order valence-corrected chi connectivity index (χ4v) is 3.56. The Morgan fingerprint density at radius 1 is 1.04 bits per heavy atom. The van der Waals surface area contributed by atoms with Crippen LogP contribution in [0, 0.1) is 6.92 Å². The van der Waals surface area contributed by atoms with Crippen LogP contribution in [0.3, 0.4) is 0 Å². The molecule has 0 spiro atoms. The second kappa shape index (κ2) is 7.01. The van der Waals surface area contributed by atoms with Crippen molar-refractivity contribution in [2.75, 3.05) is 4.90 Å². The van der Waals surface area contributed by atoms with Gasteiger partial charge in [-0.1, -0.05) is 42.0 Å². The lowest BCUT2D eigenvalue weighted by Crippen LogP contribution is -2.29. The molecular formula is C23H19ClN2O. The van der Waals surface area contributed by atoms with Gasteiger partial charge in [-0.3, -0.25) is 9.78 Å². The Kier molecular flexibility index (Phi) is 4.54. The van der Waals surface area contributed by atoms with Crippen molar-refractivity contribution in [3.63, 3.8) is 0 Å². The van der Waals surface area contributed by atoms with E-state index >= 15 is 0 Å². The van der Waals surface area contributed by atoms with Crippen LogP contribution in [0.1, 0.15) is 29.3 Å². The molecule has 4 rings (SSSR count). The molecule has 0 N–H and O–H groups in total. The molecule has 1 amide bonds. The normalized spacial score (nSPS) is 14.0. The molecule has 2 aromatic carbocycles. The van der Waals surface area contributed by atoms with Gasteiger partial charge in [0.1, 0.15) is 0 Å². The second-order valence-electron chi connectivity index (χ2n) is 6.72. The number of aromatic nitrogens is 1. The van der Waals surface area contributed by atoms with E-state index in [4.69, 9.17) is 11.6 Å². The smallest absolute Gasteiger partial charge is 0.224 e. The lowest BCUT2D eigenvalue weighted by molar-refractivity contribution is -0.116. The molecule has 134 valence electrons. The minimum absolute atomic E-state index is 0.00394. The fraction of sp³-hybridized carbons (Fsp3) is 0.130. The van der Waals surface area contributed by atoms with Gasteiger partial charge in [0, 0.05) is 23.2 Å². The van der Waals surface area contributed by atoms with Gasteiger partial charge in [-0.2, -0.15) is 0 Å². The van der Waals surface area contributed by atoms with Crippen LogP contribution in [-0.2, 0) is 11.3 Å². The Hall–Kier alpha value is -2.91. The van der Waals surface area contributed by atoms with Crippen LogP contribution in [0.25, 0.3) is 23.4 Å². The number of rotatable bonds is 1. The van der Waals surface area contributed by atoms with Crippen LogP contribution in [0.2, 0.25) is 5.02 Å². The first-order valence-corrected chi connectivity index (χ1v) is 9.22. The number of halogens is 1. The second-order valence-corrected chi connectivity index (χ2v) is 7.16. The monoisotopic (exact) mass is 374 g/mol.